The van der Waals surface area contributed by atoms with Crippen molar-refractivity contribution < 1.29 is 4.74 Å². The maximum Gasteiger partial charge on any atom is 0.184 e. The van der Waals surface area contributed by atoms with E-state index in [-0.39, 0.29) is 5.11 Å². The maximum absolute atomic E-state index is 5.93. The van der Waals surface area contributed by atoms with Crippen LogP contribution in [0.4, 0.5) is 0 Å². The Kier molecular flexibility index (Phi) is 4.79. The molecule has 0 unspecified atom stereocenters. The number of benzene rings is 1. The van der Waals surface area contributed by atoms with Crippen molar-refractivity contribution in [1.82, 2.24) is 5.43 Å². The SMILES string of the molecule is COc1c(Cl)cc(Cl)cc1/C=N/NC(N)=S. The molecule has 0 aliphatic heterocycles. The summed E-state index contributed by atoms with van der Waals surface area (Å²) in [7, 11) is 1.51. The van der Waals surface area contributed by atoms with Gasteiger partial charge in [0.05, 0.1) is 18.3 Å². The highest BCUT2D eigenvalue weighted by Crippen LogP contribution is 2.30. The molecule has 0 radical (unpaired) electrons. The van der Waals surface area contributed by atoms with Gasteiger partial charge in [-0.05, 0) is 24.4 Å². The normalized spacial score (nSPS) is 10.4. The van der Waals surface area contributed by atoms with Crippen molar-refractivity contribution in [1.29, 1.82) is 0 Å². The molecule has 0 aromatic heterocycles. The first kappa shape index (κ1) is 13.0. The second kappa shape index (κ2) is 5.89. The molecule has 1 aromatic rings. The predicted molar refractivity (Wildman–Crippen MR) is 70.5 cm³/mol. The highest BCUT2D eigenvalue weighted by molar-refractivity contribution is 7.80. The maximum atomic E-state index is 5.93. The van der Waals surface area contributed by atoms with Crippen molar-refractivity contribution in [2.75, 3.05) is 7.11 Å². The average molecular weight is 278 g/mol. The smallest absolute Gasteiger partial charge is 0.184 e. The lowest BCUT2D eigenvalue weighted by atomic mass is 10.2. The van der Waals surface area contributed by atoms with Gasteiger partial charge in [0.2, 0.25) is 0 Å². The molecular weight excluding hydrogens is 269 g/mol. The predicted octanol–water partition coefficient (Wildman–Crippen LogP) is 2.17. The number of thiocarbonyl (C=S) groups is 1. The molecule has 0 amide bonds. The van der Waals surface area contributed by atoms with Crippen molar-refractivity contribution in [2.24, 2.45) is 10.8 Å². The Hall–Kier alpha value is -1.04. The first-order valence-electron chi connectivity index (χ1n) is 4.16. The number of halogens is 2. The van der Waals surface area contributed by atoms with Crippen LogP contribution in [0.1, 0.15) is 5.56 Å². The van der Waals surface area contributed by atoms with E-state index < -0.39 is 0 Å². The summed E-state index contributed by atoms with van der Waals surface area (Å²) in [4.78, 5) is 0. The highest BCUT2D eigenvalue weighted by atomic mass is 35.5. The van der Waals surface area contributed by atoms with E-state index in [1.54, 1.807) is 12.1 Å². The van der Waals surface area contributed by atoms with Crippen LogP contribution >= 0.6 is 35.4 Å². The number of ether oxygens (including phenoxy) is 1. The quantitative estimate of drug-likeness (QED) is 0.505. The molecule has 0 saturated carbocycles. The van der Waals surface area contributed by atoms with Gasteiger partial charge in [-0.2, -0.15) is 5.10 Å². The van der Waals surface area contributed by atoms with Crippen molar-refractivity contribution >= 4 is 46.7 Å². The minimum absolute atomic E-state index is 0.0725. The van der Waals surface area contributed by atoms with Gasteiger partial charge in [0, 0.05) is 10.6 Å². The van der Waals surface area contributed by atoms with Gasteiger partial charge >= 0.3 is 0 Å². The fourth-order valence-corrected chi connectivity index (χ4v) is 1.70. The lowest BCUT2D eigenvalue weighted by Gasteiger charge is -2.07. The summed E-state index contributed by atoms with van der Waals surface area (Å²) in [6.45, 7) is 0. The van der Waals surface area contributed by atoms with Crippen LogP contribution in [0.25, 0.3) is 0 Å². The van der Waals surface area contributed by atoms with E-state index in [1.165, 1.54) is 13.3 Å². The minimum Gasteiger partial charge on any atom is -0.495 e. The van der Waals surface area contributed by atoms with E-state index in [9.17, 15) is 0 Å². The largest absolute Gasteiger partial charge is 0.495 e. The molecule has 1 rings (SSSR count). The zero-order valence-electron chi connectivity index (χ0n) is 8.33. The van der Waals surface area contributed by atoms with Gasteiger partial charge in [0.15, 0.2) is 5.11 Å². The molecule has 86 valence electrons. The van der Waals surface area contributed by atoms with Crippen LogP contribution in [0.2, 0.25) is 10.0 Å². The first-order valence-corrected chi connectivity index (χ1v) is 5.32. The third-order valence-corrected chi connectivity index (χ3v) is 2.21. The Morgan fingerprint density at radius 1 is 1.56 bits per heavy atom. The summed E-state index contributed by atoms with van der Waals surface area (Å²) in [5, 5.41) is 4.76. The summed E-state index contributed by atoms with van der Waals surface area (Å²) in [6, 6.07) is 3.25. The van der Waals surface area contributed by atoms with Gasteiger partial charge in [0.1, 0.15) is 5.75 Å². The summed E-state index contributed by atoms with van der Waals surface area (Å²) in [5.74, 6) is 0.486. The van der Waals surface area contributed by atoms with Gasteiger partial charge in [-0.25, -0.2) is 0 Å². The molecule has 7 heteroatoms. The molecular formula is C9H9Cl2N3OS. The third kappa shape index (κ3) is 3.52. The number of nitrogens with one attached hydrogen (secondary N) is 1. The fraction of sp³-hybridized carbons (Fsp3) is 0.111. The summed E-state index contributed by atoms with van der Waals surface area (Å²) in [5.41, 5.74) is 8.26. The third-order valence-electron chi connectivity index (χ3n) is 1.62. The van der Waals surface area contributed by atoms with E-state index in [0.29, 0.717) is 21.4 Å². The summed E-state index contributed by atoms with van der Waals surface area (Å²) < 4.78 is 5.11. The molecule has 0 heterocycles. The number of nitrogens with two attached hydrogens (primary N) is 1. The van der Waals surface area contributed by atoms with Crippen molar-refractivity contribution in [3.05, 3.63) is 27.7 Å². The standard InChI is InChI=1S/C9H9Cl2N3OS/c1-15-8-5(4-13-14-9(12)16)2-6(10)3-7(8)11/h2-4H,1H3,(H3,12,14,16)/b13-4+. The van der Waals surface area contributed by atoms with Crippen molar-refractivity contribution in [2.45, 2.75) is 0 Å². The molecule has 0 fully saturated rings. The number of hydrazone groups is 1. The Morgan fingerprint density at radius 3 is 2.81 bits per heavy atom. The molecule has 0 atom stereocenters. The van der Waals surface area contributed by atoms with Crippen LogP contribution in [0.15, 0.2) is 17.2 Å². The monoisotopic (exact) mass is 277 g/mol. The van der Waals surface area contributed by atoms with Gasteiger partial charge in [-0.1, -0.05) is 23.2 Å². The lowest BCUT2D eigenvalue weighted by Crippen LogP contribution is -2.24. The number of hydrogen-bond donors (Lipinski definition) is 2. The molecule has 1 aromatic carbocycles. The molecule has 16 heavy (non-hydrogen) atoms. The minimum atomic E-state index is 0.0725. The Balaban J connectivity index is 3.02. The summed E-state index contributed by atoms with van der Waals surface area (Å²) >= 11 is 16.4. The van der Waals surface area contributed by atoms with E-state index in [2.05, 4.69) is 22.7 Å². The van der Waals surface area contributed by atoms with Crippen LogP contribution in [0, 0.1) is 0 Å². The second-order valence-electron chi connectivity index (χ2n) is 2.74. The molecule has 0 saturated heterocycles. The number of hydrogen-bond acceptors (Lipinski definition) is 3. The second-order valence-corrected chi connectivity index (χ2v) is 4.03. The van der Waals surface area contributed by atoms with E-state index in [1.807, 2.05) is 0 Å². The van der Waals surface area contributed by atoms with Crippen molar-refractivity contribution in [3.63, 3.8) is 0 Å². The Bertz CT molecular complexity index is 437. The van der Waals surface area contributed by atoms with Crippen LogP contribution in [-0.2, 0) is 0 Å². The van der Waals surface area contributed by atoms with E-state index >= 15 is 0 Å². The topological polar surface area (TPSA) is 59.6 Å². The van der Waals surface area contributed by atoms with Crippen molar-refractivity contribution in [3.8, 4) is 5.75 Å². The number of rotatable bonds is 3. The Labute approximate surface area is 108 Å². The molecule has 0 aliphatic carbocycles. The lowest BCUT2D eigenvalue weighted by molar-refractivity contribution is 0.414. The van der Waals surface area contributed by atoms with Crippen LogP contribution < -0.4 is 15.9 Å². The van der Waals surface area contributed by atoms with Gasteiger partial charge in [-0.15, -0.1) is 0 Å². The van der Waals surface area contributed by atoms with Crippen LogP contribution in [0.5, 0.6) is 5.75 Å². The summed E-state index contributed by atoms with van der Waals surface area (Å²) in [6.07, 6.45) is 1.47. The van der Waals surface area contributed by atoms with E-state index in [0.717, 1.165) is 0 Å². The van der Waals surface area contributed by atoms with Gasteiger partial charge < -0.3 is 10.5 Å². The zero-order chi connectivity index (χ0) is 12.1. The Morgan fingerprint density at radius 2 is 2.25 bits per heavy atom. The molecule has 0 spiro atoms. The fourth-order valence-electron chi connectivity index (χ4n) is 1.06. The van der Waals surface area contributed by atoms with Crippen LogP contribution in [-0.4, -0.2) is 18.4 Å². The molecule has 0 aliphatic rings. The number of nitrogens with zero attached hydrogens (tertiary/aromatic N) is 1. The molecule has 4 nitrogen and oxygen atoms in total. The first-order chi connectivity index (χ1) is 7.54. The average Bonchev–Trinajstić information content (AvgIpc) is 2.16. The number of methoxy groups -OCH3 is 1. The molecule has 0 bridgehead atoms. The van der Waals surface area contributed by atoms with E-state index in [4.69, 9.17) is 33.7 Å². The zero-order valence-corrected chi connectivity index (χ0v) is 10.7. The van der Waals surface area contributed by atoms with Gasteiger partial charge in [0.25, 0.3) is 0 Å². The molecule has 3 N–H and O–H groups in total. The van der Waals surface area contributed by atoms with Crippen LogP contribution in [0.3, 0.4) is 0 Å². The van der Waals surface area contributed by atoms with Gasteiger partial charge in [-0.3, -0.25) is 5.43 Å². The highest BCUT2D eigenvalue weighted by Gasteiger charge is 2.07.